The number of imidazole rings is 1. The highest BCUT2D eigenvalue weighted by Crippen LogP contribution is 2.25. The van der Waals surface area contributed by atoms with Gasteiger partial charge in [-0.1, -0.05) is 6.92 Å². The summed E-state index contributed by atoms with van der Waals surface area (Å²) < 4.78 is 1.76. The number of aromatic nitrogens is 3. The lowest BCUT2D eigenvalue weighted by Crippen LogP contribution is -1.85. The molecule has 0 aliphatic rings. The summed E-state index contributed by atoms with van der Waals surface area (Å²) in [7, 11) is 0. The van der Waals surface area contributed by atoms with E-state index >= 15 is 0 Å². The molecule has 2 aromatic rings. The standard InChI is InChI=1S/C7H10N4S/c1-2-12-7-5(8)6-9-3-4-11(6)10-7/h3-4,9H,2,8H2,1H3. The Kier molecular flexibility index (Phi) is 1.73. The van der Waals surface area contributed by atoms with Crippen LogP contribution in [0.1, 0.15) is 6.92 Å². The lowest BCUT2D eigenvalue weighted by Gasteiger charge is -1.91. The summed E-state index contributed by atoms with van der Waals surface area (Å²) in [5.41, 5.74) is 7.46. The van der Waals surface area contributed by atoms with Gasteiger partial charge in [-0.15, -0.1) is 11.8 Å². The number of anilines is 1. The van der Waals surface area contributed by atoms with E-state index in [4.69, 9.17) is 5.73 Å². The summed E-state index contributed by atoms with van der Waals surface area (Å²) in [6.45, 7) is 2.08. The third-order valence-electron chi connectivity index (χ3n) is 1.63. The molecular weight excluding hydrogens is 172 g/mol. The fraction of sp³-hybridized carbons (Fsp3) is 0.286. The molecule has 2 heterocycles. The Morgan fingerprint density at radius 2 is 2.58 bits per heavy atom. The SMILES string of the molecule is CCSc1nn2cc[nH]c2c1N. The van der Waals surface area contributed by atoms with Crippen LogP contribution in [0.3, 0.4) is 0 Å². The number of fused-ring (bicyclic) bond motifs is 1. The number of hydrogen-bond donors (Lipinski definition) is 2. The van der Waals surface area contributed by atoms with E-state index in [1.807, 2.05) is 12.4 Å². The molecule has 0 saturated carbocycles. The summed E-state index contributed by atoms with van der Waals surface area (Å²) in [6, 6.07) is 0. The lowest BCUT2D eigenvalue weighted by atomic mass is 10.6. The van der Waals surface area contributed by atoms with Gasteiger partial charge < -0.3 is 10.7 Å². The summed E-state index contributed by atoms with van der Waals surface area (Å²) in [5.74, 6) is 0.990. The molecule has 0 aliphatic heterocycles. The third kappa shape index (κ3) is 0.972. The zero-order valence-electron chi connectivity index (χ0n) is 6.74. The first-order valence-electron chi connectivity index (χ1n) is 3.77. The van der Waals surface area contributed by atoms with E-state index in [9.17, 15) is 0 Å². The predicted octanol–water partition coefficient (Wildman–Crippen LogP) is 1.36. The Hall–Kier alpha value is -1.10. The van der Waals surface area contributed by atoms with Crippen molar-refractivity contribution in [2.24, 2.45) is 0 Å². The van der Waals surface area contributed by atoms with Crippen molar-refractivity contribution in [1.29, 1.82) is 0 Å². The van der Waals surface area contributed by atoms with Crippen LogP contribution in [-0.4, -0.2) is 20.4 Å². The van der Waals surface area contributed by atoms with Gasteiger partial charge in [0.15, 0.2) is 5.65 Å². The maximum absolute atomic E-state index is 5.83. The minimum atomic E-state index is 0.742. The quantitative estimate of drug-likeness (QED) is 0.689. The van der Waals surface area contributed by atoms with Crippen LogP contribution in [0.15, 0.2) is 17.4 Å². The summed E-state index contributed by atoms with van der Waals surface area (Å²) in [5, 5.41) is 5.19. The molecule has 0 aliphatic carbocycles. The van der Waals surface area contributed by atoms with Gasteiger partial charge in [-0.3, -0.25) is 0 Å². The molecule has 0 bridgehead atoms. The monoisotopic (exact) mass is 182 g/mol. The number of nitrogens with two attached hydrogens (primary N) is 1. The van der Waals surface area contributed by atoms with Gasteiger partial charge in [0, 0.05) is 12.4 Å². The average Bonchev–Trinajstić information content (AvgIpc) is 2.58. The Balaban J connectivity index is 2.55. The maximum atomic E-state index is 5.83. The van der Waals surface area contributed by atoms with Crippen molar-refractivity contribution < 1.29 is 0 Å². The Morgan fingerprint density at radius 1 is 1.75 bits per heavy atom. The highest BCUT2D eigenvalue weighted by atomic mass is 32.2. The minimum absolute atomic E-state index is 0.742. The second kappa shape index (κ2) is 2.75. The number of thioether (sulfide) groups is 1. The second-order valence-electron chi connectivity index (χ2n) is 2.41. The number of nitrogens with zero attached hydrogens (tertiary/aromatic N) is 2. The first-order chi connectivity index (χ1) is 5.83. The molecule has 0 radical (unpaired) electrons. The summed E-state index contributed by atoms with van der Waals surface area (Å²) in [4.78, 5) is 3.03. The molecule has 0 saturated heterocycles. The second-order valence-corrected chi connectivity index (χ2v) is 3.66. The number of hydrogen-bond acceptors (Lipinski definition) is 3. The Labute approximate surface area is 74.1 Å². The zero-order chi connectivity index (χ0) is 8.55. The van der Waals surface area contributed by atoms with Crippen molar-refractivity contribution in [3.8, 4) is 0 Å². The van der Waals surface area contributed by atoms with E-state index in [1.54, 1.807) is 16.3 Å². The highest BCUT2D eigenvalue weighted by molar-refractivity contribution is 7.99. The van der Waals surface area contributed by atoms with E-state index in [-0.39, 0.29) is 0 Å². The fourth-order valence-corrected chi connectivity index (χ4v) is 1.78. The molecule has 3 N–H and O–H groups in total. The number of aromatic amines is 1. The van der Waals surface area contributed by atoms with Crippen molar-refractivity contribution in [1.82, 2.24) is 14.6 Å². The van der Waals surface area contributed by atoms with Gasteiger partial charge in [0.2, 0.25) is 0 Å². The molecule has 2 aromatic heterocycles. The maximum Gasteiger partial charge on any atom is 0.157 e. The van der Waals surface area contributed by atoms with Crippen LogP contribution in [0.5, 0.6) is 0 Å². The van der Waals surface area contributed by atoms with Gasteiger partial charge in [0.25, 0.3) is 0 Å². The predicted molar refractivity (Wildman–Crippen MR) is 50.4 cm³/mol. The molecule has 0 amide bonds. The molecule has 0 atom stereocenters. The van der Waals surface area contributed by atoms with Crippen LogP contribution in [0.2, 0.25) is 0 Å². The molecule has 0 fully saturated rings. The number of H-pyrrole nitrogens is 1. The number of nitrogen functional groups attached to an aromatic ring is 1. The van der Waals surface area contributed by atoms with Gasteiger partial charge in [0.05, 0.1) is 0 Å². The van der Waals surface area contributed by atoms with E-state index in [1.165, 1.54) is 0 Å². The van der Waals surface area contributed by atoms with Gasteiger partial charge in [-0.2, -0.15) is 5.10 Å². The number of rotatable bonds is 2. The van der Waals surface area contributed by atoms with Crippen LogP contribution >= 0.6 is 11.8 Å². The molecule has 0 aromatic carbocycles. The van der Waals surface area contributed by atoms with Crippen LogP contribution in [0.4, 0.5) is 5.69 Å². The normalized spacial score (nSPS) is 11.1. The van der Waals surface area contributed by atoms with Crippen molar-refractivity contribution in [2.75, 3.05) is 11.5 Å². The molecular formula is C7H10N4S. The third-order valence-corrected chi connectivity index (χ3v) is 2.49. The van der Waals surface area contributed by atoms with Crippen LogP contribution < -0.4 is 5.73 Å². The minimum Gasteiger partial charge on any atom is -0.393 e. The summed E-state index contributed by atoms with van der Waals surface area (Å²) in [6.07, 6.45) is 3.67. The molecule has 4 nitrogen and oxygen atoms in total. The molecule has 0 spiro atoms. The average molecular weight is 182 g/mol. The van der Waals surface area contributed by atoms with E-state index in [2.05, 4.69) is 17.0 Å². The molecule has 12 heavy (non-hydrogen) atoms. The van der Waals surface area contributed by atoms with Crippen molar-refractivity contribution >= 4 is 23.1 Å². The molecule has 5 heteroatoms. The molecule has 64 valence electrons. The van der Waals surface area contributed by atoms with Crippen molar-refractivity contribution in [3.63, 3.8) is 0 Å². The zero-order valence-corrected chi connectivity index (χ0v) is 7.56. The lowest BCUT2D eigenvalue weighted by molar-refractivity contribution is 0.910. The topological polar surface area (TPSA) is 59.1 Å². The number of nitrogens with one attached hydrogen (secondary N) is 1. The van der Waals surface area contributed by atoms with E-state index < -0.39 is 0 Å². The van der Waals surface area contributed by atoms with Gasteiger partial charge in [-0.05, 0) is 5.75 Å². The molecule has 0 unspecified atom stereocenters. The Bertz CT molecular complexity index is 389. The van der Waals surface area contributed by atoms with Crippen LogP contribution in [-0.2, 0) is 0 Å². The van der Waals surface area contributed by atoms with Crippen LogP contribution in [0.25, 0.3) is 5.65 Å². The Morgan fingerprint density at radius 3 is 3.25 bits per heavy atom. The van der Waals surface area contributed by atoms with E-state index in [0.717, 1.165) is 22.1 Å². The van der Waals surface area contributed by atoms with Gasteiger partial charge >= 0.3 is 0 Å². The van der Waals surface area contributed by atoms with Gasteiger partial charge in [0.1, 0.15) is 10.7 Å². The van der Waals surface area contributed by atoms with Crippen LogP contribution in [0, 0.1) is 0 Å². The smallest absolute Gasteiger partial charge is 0.157 e. The van der Waals surface area contributed by atoms with Gasteiger partial charge in [-0.25, -0.2) is 4.52 Å². The largest absolute Gasteiger partial charge is 0.393 e. The first kappa shape index (κ1) is 7.54. The van der Waals surface area contributed by atoms with Crippen molar-refractivity contribution in [3.05, 3.63) is 12.4 Å². The summed E-state index contributed by atoms with van der Waals surface area (Å²) >= 11 is 1.66. The van der Waals surface area contributed by atoms with E-state index in [0.29, 0.717) is 0 Å². The first-order valence-corrected chi connectivity index (χ1v) is 4.75. The fourth-order valence-electron chi connectivity index (χ4n) is 1.11. The highest BCUT2D eigenvalue weighted by Gasteiger charge is 2.08. The van der Waals surface area contributed by atoms with Crippen molar-refractivity contribution in [2.45, 2.75) is 11.9 Å². The molecule has 2 rings (SSSR count).